The third-order valence-electron chi connectivity index (χ3n) is 3.60. The molecule has 0 saturated carbocycles. The van der Waals surface area contributed by atoms with E-state index in [1.165, 1.54) is 7.11 Å². The van der Waals surface area contributed by atoms with Gasteiger partial charge in [-0.3, -0.25) is 14.4 Å². The van der Waals surface area contributed by atoms with Crippen molar-refractivity contribution in [1.29, 1.82) is 0 Å². The van der Waals surface area contributed by atoms with Crippen LogP contribution in [0.2, 0.25) is 0 Å². The fourth-order valence-corrected chi connectivity index (χ4v) is 2.22. The lowest BCUT2D eigenvalue weighted by Crippen LogP contribution is -2.34. The Morgan fingerprint density at radius 3 is 2.22 bits per heavy atom. The largest absolute Gasteiger partial charge is 0.469 e. The number of benzene rings is 1. The molecule has 0 saturated heterocycles. The minimum Gasteiger partial charge on any atom is -0.469 e. The minimum atomic E-state index is -0.338. The Morgan fingerprint density at radius 1 is 1.00 bits per heavy atom. The molecule has 0 heterocycles. The predicted molar refractivity (Wildman–Crippen MR) is 88.2 cm³/mol. The van der Waals surface area contributed by atoms with Crippen molar-refractivity contribution < 1.29 is 19.1 Å². The molecule has 0 fully saturated rings. The van der Waals surface area contributed by atoms with E-state index in [1.807, 2.05) is 26.0 Å². The van der Waals surface area contributed by atoms with Crippen LogP contribution in [-0.2, 0) is 14.3 Å². The van der Waals surface area contributed by atoms with Gasteiger partial charge in [0.2, 0.25) is 5.91 Å². The molecule has 1 aromatic rings. The number of Topliss-reactive ketones (excluding diaryl/α,β-unsaturated/α-hetero) is 1. The van der Waals surface area contributed by atoms with Crippen LogP contribution in [0.15, 0.2) is 24.3 Å². The molecule has 0 aliphatic rings. The summed E-state index contributed by atoms with van der Waals surface area (Å²) >= 11 is 0. The zero-order valence-electron chi connectivity index (χ0n) is 14.1. The summed E-state index contributed by atoms with van der Waals surface area (Å²) in [5, 5.41) is 0. The summed E-state index contributed by atoms with van der Waals surface area (Å²) in [4.78, 5) is 37.2. The first-order valence-corrected chi connectivity index (χ1v) is 7.92. The molecule has 0 N–H and O–H groups in total. The number of aryl methyl sites for hydroxylation is 1. The van der Waals surface area contributed by atoms with E-state index >= 15 is 0 Å². The second kappa shape index (κ2) is 9.77. The van der Waals surface area contributed by atoms with Crippen LogP contribution in [0.4, 0.5) is 0 Å². The molecule has 0 atom stereocenters. The van der Waals surface area contributed by atoms with Crippen LogP contribution in [-0.4, -0.2) is 42.8 Å². The van der Waals surface area contributed by atoms with Gasteiger partial charge in [0.25, 0.3) is 0 Å². The van der Waals surface area contributed by atoms with Crippen LogP contribution < -0.4 is 0 Å². The average molecular weight is 319 g/mol. The topological polar surface area (TPSA) is 63.7 Å². The van der Waals surface area contributed by atoms with E-state index in [1.54, 1.807) is 17.0 Å². The van der Waals surface area contributed by atoms with Crippen molar-refractivity contribution in [3.63, 3.8) is 0 Å². The number of ether oxygens (including phenoxy) is 1. The van der Waals surface area contributed by atoms with Crippen LogP contribution >= 0.6 is 0 Å². The molecule has 1 aromatic carbocycles. The second-order valence-corrected chi connectivity index (χ2v) is 5.50. The molecular formula is C18H25NO4. The summed E-state index contributed by atoms with van der Waals surface area (Å²) in [7, 11) is 1.33. The SMILES string of the molecule is CCCN(CCC(=O)OC)C(=O)CCC(=O)c1ccc(C)cc1. The predicted octanol–water partition coefficient (Wildman–Crippen LogP) is 2.76. The number of hydrogen-bond donors (Lipinski definition) is 0. The number of rotatable bonds is 9. The molecular weight excluding hydrogens is 294 g/mol. The molecule has 0 aliphatic carbocycles. The highest BCUT2D eigenvalue weighted by atomic mass is 16.5. The molecule has 0 spiro atoms. The van der Waals surface area contributed by atoms with E-state index in [-0.39, 0.29) is 36.9 Å². The first-order valence-electron chi connectivity index (χ1n) is 7.92. The lowest BCUT2D eigenvalue weighted by Gasteiger charge is -2.21. The molecule has 5 heteroatoms. The number of methoxy groups -OCH3 is 1. The highest BCUT2D eigenvalue weighted by Crippen LogP contribution is 2.09. The van der Waals surface area contributed by atoms with E-state index in [9.17, 15) is 14.4 Å². The van der Waals surface area contributed by atoms with E-state index in [0.29, 0.717) is 18.7 Å². The number of nitrogens with zero attached hydrogens (tertiary/aromatic N) is 1. The number of hydrogen-bond acceptors (Lipinski definition) is 4. The number of carbonyl (C=O) groups is 3. The normalized spacial score (nSPS) is 10.2. The van der Waals surface area contributed by atoms with Gasteiger partial charge in [-0.05, 0) is 13.3 Å². The highest BCUT2D eigenvalue weighted by Gasteiger charge is 2.16. The van der Waals surface area contributed by atoms with E-state index in [0.717, 1.165) is 12.0 Å². The standard InChI is InChI=1S/C18H25NO4/c1-4-12-19(13-11-18(22)23-3)17(21)10-9-16(20)15-7-5-14(2)6-8-15/h5-8H,4,9-13H2,1-3H3. The van der Waals surface area contributed by atoms with Crippen LogP contribution in [0.5, 0.6) is 0 Å². The second-order valence-electron chi connectivity index (χ2n) is 5.50. The quantitative estimate of drug-likeness (QED) is 0.518. The third-order valence-corrected chi connectivity index (χ3v) is 3.60. The van der Waals surface area contributed by atoms with Crippen LogP contribution in [0.25, 0.3) is 0 Å². The Hall–Kier alpha value is -2.17. The molecule has 5 nitrogen and oxygen atoms in total. The van der Waals surface area contributed by atoms with E-state index in [4.69, 9.17) is 0 Å². The summed E-state index contributed by atoms with van der Waals surface area (Å²) in [5.74, 6) is -0.478. The summed E-state index contributed by atoms with van der Waals surface area (Å²) in [5.41, 5.74) is 1.72. The summed E-state index contributed by atoms with van der Waals surface area (Å²) < 4.78 is 4.59. The smallest absolute Gasteiger partial charge is 0.307 e. The molecule has 126 valence electrons. The number of esters is 1. The monoisotopic (exact) mass is 319 g/mol. The summed E-state index contributed by atoms with van der Waals surface area (Å²) in [6, 6.07) is 7.33. The fraction of sp³-hybridized carbons (Fsp3) is 0.500. The van der Waals surface area contributed by atoms with Crippen molar-refractivity contribution >= 4 is 17.7 Å². The van der Waals surface area contributed by atoms with Gasteiger partial charge in [-0.1, -0.05) is 36.8 Å². The molecule has 0 aromatic heterocycles. The van der Waals surface area contributed by atoms with Gasteiger partial charge in [0, 0.05) is 31.5 Å². The molecule has 0 unspecified atom stereocenters. The van der Waals surface area contributed by atoms with Gasteiger partial charge < -0.3 is 9.64 Å². The molecule has 0 bridgehead atoms. The number of carbonyl (C=O) groups excluding carboxylic acids is 3. The van der Waals surface area contributed by atoms with Gasteiger partial charge in [-0.15, -0.1) is 0 Å². The van der Waals surface area contributed by atoms with Crippen molar-refractivity contribution in [2.24, 2.45) is 0 Å². The average Bonchev–Trinajstić information content (AvgIpc) is 2.56. The van der Waals surface area contributed by atoms with Crippen molar-refractivity contribution in [2.45, 2.75) is 39.5 Å². The van der Waals surface area contributed by atoms with Crippen molar-refractivity contribution in [1.82, 2.24) is 4.90 Å². The van der Waals surface area contributed by atoms with Crippen molar-refractivity contribution in [3.8, 4) is 0 Å². The maximum atomic E-state index is 12.2. The highest BCUT2D eigenvalue weighted by molar-refractivity contribution is 5.98. The number of amides is 1. The fourth-order valence-electron chi connectivity index (χ4n) is 2.22. The Balaban J connectivity index is 2.52. The van der Waals surface area contributed by atoms with Gasteiger partial charge in [-0.2, -0.15) is 0 Å². The van der Waals surface area contributed by atoms with Crippen molar-refractivity contribution in [2.75, 3.05) is 20.2 Å². The molecule has 23 heavy (non-hydrogen) atoms. The summed E-state index contributed by atoms with van der Waals surface area (Å²) in [6.07, 6.45) is 1.32. The van der Waals surface area contributed by atoms with Gasteiger partial charge in [0.1, 0.15) is 0 Å². The molecule has 1 rings (SSSR count). The summed E-state index contributed by atoms with van der Waals surface area (Å²) in [6.45, 7) is 4.84. The zero-order valence-corrected chi connectivity index (χ0v) is 14.1. The van der Waals surface area contributed by atoms with Gasteiger partial charge in [-0.25, -0.2) is 0 Å². The maximum absolute atomic E-state index is 12.2. The lowest BCUT2D eigenvalue weighted by molar-refractivity contribution is -0.141. The van der Waals surface area contributed by atoms with E-state index in [2.05, 4.69) is 4.74 Å². The Kier molecular flexibility index (Phi) is 8.02. The van der Waals surface area contributed by atoms with Gasteiger partial charge in [0.15, 0.2) is 5.78 Å². The Morgan fingerprint density at radius 2 is 1.65 bits per heavy atom. The number of ketones is 1. The third kappa shape index (κ3) is 6.63. The van der Waals surface area contributed by atoms with Gasteiger partial charge >= 0.3 is 5.97 Å². The Bertz CT molecular complexity index is 536. The molecule has 0 aliphatic heterocycles. The first kappa shape index (κ1) is 18.9. The minimum absolute atomic E-state index is 0.0391. The van der Waals surface area contributed by atoms with Gasteiger partial charge in [0.05, 0.1) is 13.5 Å². The van der Waals surface area contributed by atoms with Crippen LogP contribution in [0, 0.1) is 6.92 Å². The maximum Gasteiger partial charge on any atom is 0.307 e. The lowest BCUT2D eigenvalue weighted by atomic mass is 10.0. The van der Waals surface area contributed by atoms with E-state index < -0.39 is 0 Å². The molecule has 1 amide bonds. The van der Waals surface area contributed by atoms with Crippen molar-refractivity contribution in [3.05, 3.63) is 35.4 Å². The zero-order chi connectivity index (χ0) is 17.2. The Labute approximate surface area is 137 Å². The molecule has 0 radical (unpaired) electrons. The van der Waals surface area contributed by atoms with Crippen LogP contribution in [0.3, 0.4) is 0 Å². The van der Waals surface area contributed by atoms with Crippen LogP contribution in [0.1, 0.15) is 48.5 Å². The first-order chi connectivity index (χ1) is 11.0.